The Labute approximate surface area is 168 Å². The molecule has 0 bridgehead atoms. The number of benzene rings is 1. The van der Waals surface area contributed by atoms with Gasteiger partial charge in [0.25, 0.3) is 5.91 Å². The van der Waals surface area contributed by atoms with Crippen molar-refractivity contribution in [3.05, 3.63) is 35.9 Å². The Kier molecular flexibility index (Phi) is 7.45. The summed E-state index contributed by atoms with van der Waals surface area (Å²) >= 11 is 0. The highest BCUT2D eigenvalue weighted by molar-refractivity contribution is 5.93. The number of hydrogen-bond acceptors (Lipinski definition) is 4. The van der Waals surface area contributed by atoms with Crippen molar-refractivity contribution >= 4 is 11.8 Å². The number of carbonyl (C=O) groups is 2. The molecule has 28 heavy (non-hydrogen) atoms. The SMILES string of the molecule is CCCNC(=O)C1(NC(=O)C2CN(Cc3ccccc3)CCO2)CCCCC1. The third-order valence-corrected chi connectivity index (χ3v) is 5.73. The number of ether oxygens (including phenoxy) is 1. The lowest BCUT2D eigenvalue weighted by Crippen LogP contribution is -2.63. The molecular formula is C22H33N3O3. The molecule has 1 saturated heterocycles. The number of carbonyl (C=O) groups excluding carboxylic acids is 2. The van der Waals surface area contributed by atoms with Gasteiger partial charge in [-0.15, -0.1) is 0 Å². The molecule has 1 unspecified atom stereocenters. The fraction of sp³-hybridized carbons (Fsp3) is 0.636. The fourth-order valence-corrected chi connectivity index (χ4v) is 4.13. The smallest absolute Gasteiger partial charge is 0.251 e. The van der Waals surface area contributed by atoms with Crippen molar-refractivity contribution in [2.45, 2.75) is 63.6 Å². The number of morpholine rings is 1. The van der Waals surface area contributed by atoms with Crippen LogP contribution in [0.25, 0.3) is 0 Å². The van der Waals surface area contributed by atoms with Gasteiger partial charge in [-0.25, -0.2) is 0 Å². The molecule has 1 heterocycles. The molecule has 2 fully saturated rings. The van der Waals surface area contributed by atoms with Crippen molar-refractivity contribution < 1.29 is 14.3 Å². The molecule has 154 valence electrons. The molecule has 3 rings (SSSR count). The van der Waals surface area contributed by atoms with Crippen molar-refractivity contribution in [1.82, 2.24) is 15.5 Å². The van der Waals surface area contributed by atoms with E-state index in [1.807, 2.05) is 25.1 Å². The van der Waals surface area contributed by atoms with Gasteiger partial charge in [-0.3, -0.25) is 14.5 Å². The second kappa shape index (κ2) is 10.0. The molecule has 0 aromatic heterocycles. The van der Waals surface area contributed by atoms with Crippen LogP contribution in [0.3, 0.4) is 0 Å². The lowest BCUT2D eigenvalue weighted by Gasteiger charge is -2.39. The number of rotatable bonds is 7. The van der Waals surface area contributed by atoms with E-state index in [1.165, 1.54) is 5.56 Å². The minimum Gasteiger partial charge on any atom is -0.366 e. The van der Waals surface area contributed by atoms with Gasteiger partial charge >= 0.3 is 0 Å². The lowest BCUT2D eigenvalue weighted by molar-refractivity contribution is -0.145. The van der Waals surface area contributed by atoms with Gasteiger partial charge in [0.05, 0.1) is 6.61 Å². The number of amides is 2. The molecule has 1 atom stereocenters. The summed E-state index contributed by atoms with van der Waals surface area (Å²) in [4.78, 5) is 28.1. The summed E-state index contributed by atoms with van der Waals surface area (Å²) in [7, 11) is 0. The lowest BCUT2D eigenvalue weighted by atomic mass is 9.80. The zero-order valence-corrected chi connectivity index (χ0v) is 16.9. The molecule has 2 N–H and O–H groups in total. The first-order chi connectivity index (χ1) is 13.6. The Morgan fingerprint density at radius 2 is 1.93 bits per heavy atom. The van der Waals surface area contributed by atoms with Crippen LogP contribution in [0, 0.1) is 0 Å². The molecule has 2 aliphatic rings. The first-order valence-corrected chi connectivity index (χ1v) is 10.6. The van der Waals surface area contributed by atoms with Gasteiger partial charge in [-0.1, -0.05) is 56.5 Å². The highest BCUT2D eigenvalue weighted by atomic mass is 16.5. The molecule has 1 aliphatic carbocycles. The molecule has 1 saturated carbocycles. The third-order valence-electron chi connectivity index (χ3n) is 5.73. The molecule has 6 nitrogen and oxygen atoms in total. The molecule has 2 amide bonds. The Morgan fingerprint density at radius 1 is 1.18 bits per heavy atom. The van der Waals surface area contributed by atoms with Gasteiger partial charge < -0.3 is 15.4 Å². The summed E-state index contributed by atoms with van der Waals surface area (Å²) in [6.07, 6.45) is 4.80. The van der Waals surface area contributed by atoms with Crippen LogP contribution in [-0.2, 0) is 20.9 Å². The van der Waals surface area contributed by atoms with Gasteiger partial charge in [0.1, 0.15) is 11.6 Å². The molecule has 6 heteroatoms. The number of hydrogen-bond donors (Lipinski definition) is 2. The molecule has 0 spiro atoms. The van der Waals surface area contributed by atoms with Crippen molar-refractivity contribution in [3.8, 4) is 0 Å². The zero-order valence-electron chi connectivity index (χ0n) is 16.9. The largest absolute Gasteiger partial charge is 0.366 e. The van der Waals surface area contributed by atoms with Crippen molar-refractivity contribution in [2.24, 2.45) is 0 Å². The van der Waals surface area contributed by atoms with Crippen LogP contribution in [0.4, 0.5) is 0 Å². The van der Waals surface area contributed by atoms with Crippen LogP contribution in [0.2, 0.25) is 0 Å². The Hall–Kier alpha value is -1.92. The molecular weight excluding hydrogens is 354 g/mol. The quantitative estimate of drug-likeness (QED) is 0.753. The van der Waals surface area contributed by atoms with Gasteiger partial charge in [-0.2, -0.15) is 0 Å². The molecule has 1 aromatic carbocycles. The van der Waals surface area contributed by atoms with E-state index in [0.717, 1.165) is 38.8 Å². The Balaban J connectivity index is 1.61. The van der Waals surface area contributed by atoms with Crippen molar-refractivity contribution in [1.29, 1.82) is 0 Å². The average Bonchev–Trinajstić information content (AvgIpc) is 2.73. The van der Waals surface area contributed by atoms with Crippen LogP contribution in [0.1, 0.15) is 51.0 Å². The summed E-state index contributed by atoms with van der Waals surface area (Å²) in [5.41, 5.74) is 0.446. The summed E-state index contributed by atoms with van der Waals surface area (Å²) in [6.45, 7) is 5.36. The van der Waals surface area contributed by atoms with E-state index in [0.29, 0.717) is 32.5 Å². The number of nitrogens with zero attached hydrogens (tertiary/aromatic N) is 1. The van der Waals surface area contributed by atoms with Crippen LogP contribution in [0.15, 0.2) is 30.3 Å². The second-order valence-electron chi connectivity index (χ2n) is 7.97. The van der Waals surface area contributed by atoms with Crippen LogP contribution in [0.5, 0.6) is 0 Å². The van der Waals surface area contributed by atoms with Crippen molar-refractivity contribution in [2.75, 3.05) is 26.2 Å². The monoisotopic (exact) mass is 387 g/mol. The summed E-state index contributed by atoms with van der Waals surface area (Å²) in [6, 6.07) is 10.3. The maximum atomic E-state index is 13.0. The first-order valence-electron chi connectivity index (χ1n) is 10.6. The van der Waals surface area contributed by atoms with Crippen LogP contribution in [-0.4, -0.2) is 54.6 Å². The zero-order chi connectivity index (χ0) is 19.8. The highest BCUT2D eigenvalue weighted by Gasteiger charge is 2.42. The summed E-state index contributed by atoms with van der Waals surface area (Å²) in [5.74, 6) is -0.203. The van der Waals surface area contributed by atoms with Crippen LogP contribution >= 0.6 is 0 Å². The topological polar surface area (TPSA) is 70.7 Å². The van der Waals surface area contributed by atoms with E-state index < -0.39 is 11.6 Å². The standard InChI is InChI=1S/C22H33N3O3/c1-2-13-23-21(27)22(11-7-4-8-12-22)24-20(26)19-17-25(14-15-28-19)16-18-9-5-3-6-10-18/h3,5-6,9-10,19H,2,4,7-8,11-17H2,1H3,(H,23,27)(H,24,26). The van der Waals surface area contributed by atoms with E-state index in [2.05, 4.69) is 27.7 Å². The summed E-state index contributed by atoms with van der Waals surface area (Å²) < 4.78 is 5.77. The fourth-order valence-electron chi connectivity index (χ4n) is 4.13. The van der Waals surface area contributed by atoms with E-state index in [1.54, 1.807) is 0 Å². The molecule has 1 aliphatic heterocycles. The maximum absolute atomic E-state index is 13.0. The predicted octanol–water partition coefficient (Wildman–Crippen LogP) is 2.23. The average molecular weight is 388 g/mol. The van der Waals surface area contributed by atoms with Gasteiger partial charge in [-0.05, 0) is 24.8 Å². The first kappa shape index (κ1) is 20.8. The van der Waals surface area contributed by atoms with E-state index in [9.17, 15) is 9.59 Å². The third kappa shape index (κ3) is 5.32. The van der Waals surface area contributed by atoms with E-state index >= 15 is 0 Å². The maximum Gasteiger partial charge on any atom is 0.251 e. The Morgan fingerprint density at radius 3 is 2.64 bits per heavy atom. The van der Waals surface area contributed by atoms with E-state index in [-0.39, 0.29) is 11.8 Å². The number of nitrogens with one attached hydrogen (secondary N) is 2. The molecule has 0 radical (unpaired) electrons. The minimum absolute atomic E-state index is 0.0423. The van der Waals surface area contributed by atoms with Gasteiger partial charge in [0, 0.05) is 26.2 Å². The van der Waals surface area contributed by atoms with E-state index in [4.69, 9.17) is 4.74 Å². The molecule has 1 aromatic rings. The second-order valence-corrected chi connectivity index (χ2v) is 7.97. The van der Waals surface area contributed by atoms with Crippen LogP contribution < -0.4 is 10.6 Å². The van der Waals surface area contributed by atoms with Crippen molar-refractivity contribution in [3.63, 3.8) is 0 Å². The minimum atomic E-state index is -0.782. The highest BCUT2D eigenvalue weighted by Crippen LogP contribution is 2.29. The summed E-state index contributed by atoms with van der Waals surface area (Å²) in [5, 5.41) is 6.08. The van der Waals surface area contributed by atoms with Gasteiger partial charge in [0.15, 0.2) is 0 Å². The normalized spacial score (nSPS) is 22.4. The van der Waals surface area contributed by atoms with Gasteiger partial charge in [0.2, 0.25) is 5.91 Å². The predicted molar refractivity (Wildman–Crippen MR) is 109 cm³/mol. The Bertz CT molecular complexity index is 644.